The van der Waals surface area contributed by atoms with Crippen LogP contribution in [0.4, 0.5) is 0 Å². The lowest BCUT2D eigenvalue weighted by atomic mass is 10.1. The van der Waals surface area contributed by atoms with E-state index in [1.54, 1.807) is 24.5 Å². The van der Waals surface area contributed by atoms with Gasteiger partial charge in [0.05, 0.1) is 0 Å². The van der Waals surface area contributed by atoms with E-state index in [1.807, 2.05) is 24.3 Å². The molecule has 0 unspecified atom stereocenters. The fourth-order valence-corrected chi connectivity index (χ4v) is 5.45. The first-order valence-electron chi connectivity index (χ1n) is 8.69. The van der Waals surface area contributed by atoms with Gasteiger partial charge in [0.2, 0.25) is 10.0 Å². The summed E-state index contributed by atoms with van der Waals surface area (Å²) in [6, 6.07) is 12.6. The van der Waals surface area contributed by atoms with E-state index in [-0.39, 0.29) is 22.9 Å². The molecule has 0 radical (unpaired) electrons. The Labute approximate surface area is 168 Å². The van der Waals surface area contributed by atoms with Crippen molar-refractivity contribution >= 4 is 27.3 Å². The largest absolute Gasteiger partial charge is 0.477 e. The summed E-state index contributed by atoms with van der Waals surface area (Å²) in [6.45, 7) is 2.29. The minimum atomic E-state index is -4.01. The molecule has 0 bridgehead atoms. The molecule has 3 aromatic rings. The van der Waals surface area contributed by atoms with Crippen LogP contribution in [0.2, 0.25) is 0 Å². The highest BCUT2D eigenvalue weighted by molar-refractivity contribution is 7.89. The Kier molecular flexibility index (Phi) is 6.23. The van der Waals surface area contributed by atoms with Crippen molar-refractivity contribution in [2.45, 2.75) is 31.3 Å². The fourth-order valence-electron chi connectivity index (χ4n) is 2.80. The molecule has 0 aliphatic heterocycles. The first kappa shape index (κ1) is 20.2. The van der Waals surface area contributed by atoms with E-state index in [2.05, 4.69) is 11.9 Å². The number of benzene rings is 1. The quantitative estimate of drug-likeness (QED) is 0.604. The maximum atomic E-state index is 13.3. The summed E-state index contributed by atoms with van der Waals surface area (Å²) in [5.41, 5.74) is 2.72. The highest BCUT2D eigenvalue weighted by atomic mass is 32.2. The standard InChI is InChI=1S/C20H20N2O4S2/c1-2-15-5-7-16(8-6-15)13-22(14-17-4-3-10-21-12-17)28(25,26)18-9-11-27-19(18)20(23)24/h3-12H,2,13-14H2,1H3,(H,23,24). The Hall–Kier alpha value is -2.55. The van der Waals surface area contributed by atoms with Crippen LogP contribution in [-0.4, -0.2) is 28.8 Å². The second kappa shape index (κ2) is 8.64. The lowest BCUT2D eigenvalue weighted by molar-refractivity contribution is 0.0698. The van der Waals surface area contributed by atoms with Gasteiger partial charge in [0.1, 0.15) is 9.77 Å². The number of sulfonamides is 1. The topological polar surface area (TPSA) is 87.6 Å². The Balaban J connectivity index is 1.99. The summed E-state index contributed by atoms with van der Waals surface area (Å²) in [5.74, 6) is -1.25. The van der Waals surface area contributed by atoms with Crippen LogP contribution in [0.25, 0.3) is 0 Å². The second-order valence-corrected chi connectivity index (χ2v) is 9.05. The van der Waals surface area contributed by atoms with Crippen molar-refractivity contribution in [1.29, 1.82) is 0 Å². The SMILES string of the molecule is CCc1ccc(CN(Cc2cccnc2)S(=O)(=O)c2ccsc2C(=O)O)cc1. The Morgan fingerprint density at radius 3 is 2.36 bits per heavy atom. The number of hydrogen-bond acceptors (Lipinski definition) is 5. The summed E-state index contributed by atoms with van der Waals surface area (Å²) in [5, 5.41) is 10.8. The molecule has 6 nitrogen and oxygen atoms in total. The molecule has 0 saturated heterocycles. The summed E-state index contributed by atoms with van der Waals surface area (Å²) in [7, 11) is -4.01. The molecule has 1 aromatic carbocycles. The van der Waals surface area contributed by atoms with Crippen molar-refractivity contribution in [3.8, 4) is 0 Å². The van der Waals surface area contributed by atoms with Crippen LogP contribution in [0, 0.1) is 0 Å². The van der Waals surface area contributed by atoms with Gasteiger partial charge < -0.3 is 5.11 Å². The molecule has 0 aliphatic carbocycles. The highest BCUT2D eigenvalue weighted by Gasteiger charge is 2.30. The number of aryl methyl sites for hydroxylation is 1. The van der Waals surface area contributed by atoms with E-state index in [9.17, 15) is 18.3 Å². The second-order valence-electron chi connectivity index (χ2n) is 6.22. The Bertz CT molecular complexity index is 1050. The van der Waals surface area contributed by atoms with Gasteiger partial charge >= 0.3 is 5.97 Å². The van der Waals surface area contributed by atoms with Gasteiger partial charge in [0, 0.05) is 25.5 Å². The van der Waals surface area contributed by atoms with Crippen molar-refractivity contribution in [3.63, 3.8) is 0 Å². The average Bonchev–Trinajstić information content (AvgIpc) is 3.20. The molecular weight excluding hydrogens is 396 g/mol. The number of aromatic nitrogens is 1. The van der Waals surface area contributed by atoms with Gasteiger partial charge in [-0.15, -0.1) is 11.3 Å². The molecule has 0 aliphatic rings. The molecule has 0 atom stereocenters. The van der Waals surface area contributed by atoms with Crippen molar-refractivity contribution in [1.82, 2.24) is 9.29 Å². The van der Waals surface area contributed by atoms with E-state index >= 15 is 0 Å². The molecule has 3 rings (SSSR count). The van der Waals surface area contributed by atoms with E-state index < -0.39 is 16.0 Å². The molecular formula is C20H20N2O4S2. The number of thiophene rings is 1. The van der Waals surface area contributed by atoms with E-state index in [1.165, 1.54) is 15.8 Å². The lowest BCUT2D eigenvalue weighted by Gasteiger charge is -2.22. The third-order valence-corrected chi connectivity index (χ3v) is 7.18. The molecule has 0 fully saturated rings. The molecule has 8 heteroatoms. The van der Waals surface area contributed by atoms with E-state index in [0.717, 1.165) is 34.4 Å². The van der Waals surface area contributed by atoms with Crippen molar-refractivity contribution in [3.05, 3.63) is 81.8 Å². The van der Waals surface area contributed by atoms with Crippen LogP contribution in [-0.2, 0) is 29.5 Å². The Morgan fingerprint density at radius 1 is 1.07 bits per heavy atom. The number of pyridine rings is 1. The third-order valence-electron chi connectivity index (χ3n) is 4.31. The van der Waals surface area contributed by atoms with Gasteiger partial charge in [-0.05, 0) is 40.6 Å². The van der Waals surface area contributed by atoms with Gasteiger partial charge in [-0.1, -0.05) is 37.3 Å². The minimum Gasteiger partial charge on any atom is -0.477 e. The minimum absolute atomic E-state index is 0.0978. The zero-order valence-electron chi connectivity index (χ0n) is 15.3. The zero-order chi connectivity index (χ0) is 20.1. The van der Waals surface area contributed by atoms with Crippen molar-refractivity contribution in [2.75, 3.05) is 0 Å². The average molecular weight is 417 g/mol. The van der Waals surface area contributed by atoms with Gasteiger partial charge in [-0.25, -0.2) is 13.2 Å². The number of aromatic carboxylic acids is 1. The Morgan fingerprint density at radius 2 is 1.75 bits per heavy atom. The first-order valence-corrected chi connectivity index (χ1v) is 11.0. The predicted octanol–water partition coefficient (Wildman–Crippen LogP) is 3.79. The van der Waals surface area contributed by atoms with Crippen LogP contribution in [0.15, 0.2) is 65.1 Å². The smallest absolute Gasteiger partial charge is 0.347 e. The number of carbonyl (C=O) groups is 1. The van der Waals surface area contributed by atoms with Gasteiger partial charge in [0.25, 0.3) is 0 Å². The summed E-state index contributed by atoms with van der Waals surface area (Å²) >= 11 is 0.902. The predicted molar refractivity (Wildman–Crippen MR) is 108 cm³/mol. The maximum absolute atomic E-state index is 13.3. The molecule has 2 heterocycles. The van der Waals surface area contributed by atoms with Crippen LogP contribution in [0.1, 0.15) is 33.3 Å². The number of carboxylic acid groups (broad SMARTS) is 1. The normalized spacial score (nSPS) is 11.6. The molecule has 28 heavy (non-hydrogen) atoms. The first-order chi connectivity index (χ1) is 13.4. The summed E-state index contributed by atoms with van der Waals surface area (Å²) in [4.78, 5) is 15.1. The number of hydrogen-bond donors (Lipinski definition) is 1. The van der Waals surface area contributed by atoms with Crippen LogP contribution in [0.3, 0.4) is 0 Å². The van der Waals surface area contributed by atoms with Crippen LogP contribution < -0.4 is 0 Å². The molecule has 2 aromatic heterocycles. The highest BCUT2D eigenvalue weighted by Crippen LogP contribution is 2.27. The molecule has 146 valence electrons. The molecule has 0 spiro atoms. The van der Waals surface area contributed by atoms with E-state index in [0.29, 0.717) is 0 Å². The van der Waals surface area contributed by atoms with Crippen molar-refractivity contribution in [2.24, 2.45) is 0 Å². The molecule has 0 amide bonds. The van der Waals surface area contributed by atoms with Gasteiger partial charge in [-0.3, -0.25) is 4.98 Å². The molecule has 0 saturated carbocycles. The van der Waals surface area contributed by atoms with E-state index in [4.69, 9.17) is 0 Å². The number of carboxylic acids is 1. The number of nitrogens with zero attached hydrogens (tertiary/aromatic N) is 2. The third kappa shape index (κ3) is 4.46. The fraction of sp³-hybridized carbons (Fsp3) is 0.200. The zero-order valence-corrected chi connectivity index (χ0v) is 16.9. The monoisotopic (exact) mass is 416 g/mol. The van der Waals surface area contributed by atoms with Crippen LogP contribution in [0.5, 0.6) is 0 Å². The summed E-state index contributed by atoms with van der Waals surface area (Å²) < 4.78 is 27.9. The van der Waals surface area contributed by atoms with Crippen LogP contribution >= 0.6 is 11.3 Å². The number of rotatable bonds is 8. The molecule has 1 N–H and O–H groups in total. The van der Waals surface area contributed by atoms with Gasteiger partial charge in [0.15, 0.2) is 0 Å². The summed E-state index contributed by atoms with van der Waals surface area (Å²) in [6.07, 6.45) is 4.12. The maximum Gasteiger partial charge on any atom is 0.347 e. The van der Waals surface area contributed by atoms with Gasteiger partial charge in [-0.2, -0.15) is 4.31 Å². The van der Waals surface area contributed by atoms with Crippen molar-refractivity contribution < 1.29 is 18.3 Å². The lowest BCUT2D eigenvalue weighted by Crippen LogP contribution is -2.31.